The van der Waals surface area contributed by atoms with Crippen LogP contribution in [0, 0.1) is 0 Å². The second-order valence-corrected chi connectivity index (χ2v) is 10.3. The number of amides is 1. The Bertz CT molecular complexity index is 1230. The summed E-state index contributed by atoms with van der Waals surface area (Å²) in [5.74, 6) is -0.214. The van der Waals surface area contributed by atoms with Crippen LogP contribution in [0.15, 0.2) is 82.8 Å². The molecule has 1 amide bonds. The lowest BCUT2D eigenvalue weighted by atomic mass is 10.0. The molecule has 0 aliphatic rings. The zero-order valence-electron chi connectivity index (χ0n) is 18.1. The Morgan fingerprint density at radius 2 is 1.61 bits per heavy atom. The molecule has 3 aromatic carbocycles. The fourth-order valence-corrected chi connectivity index (χ4v) is 4.97. The fourth-order valence-electron chi connectivity index (χ4n) is 3.03. The molecule has 0 atom stereocenters. The van der Waals surface area contributed by atoms with Gasteiger partial charge in [0.15, 0.2) is 0 Å². The molecule has 3 aromatic rings. The Morgan fingerprint density at radius 3 is 2.18 bits per heavy atom. The number of rotatable bonds is 8. The fraction of sp³-hybridized carbons (Fsp3) is 0.167. The highest BCUT2D eigenvalue weighted by molar-refractivity contribution is 7.92. The van der Waals surface area contributed by atoms with Gasteiger partial charge in [-0.2, -0.15) is 5.10 Å². The van der Waals surface area contributed by atoms with Crippen molar-refractivity contribution >= 4 is 51.0 Å². The number of halogens is 2. The summed E-state index contributed by atoms with van der Waals surface area (Å²) in [7, 11) is -4.07. The summed E-state index contributed by atoms with van der Waals surface area (Å²) in [6.45, 7) is 3.69. The maximum Gasteiger partial charge on any atom is 0.264 e. The van der Waals surface area contributed by atoms with E-state index >= 15 is 0 Å². The SMILES string of the molecule is CC(C)c1ccc(/C=N\NC(=O)CN(c2cc(Cl)cc(Cl)c2)S(=O)(=O)c2ccccc2)cc1. The summed E-state index contributed by atoms with van der Waals surface area (Å²) < 4.78 is 27.5. The summed E-state index contributed by atoms with van der Waals surface area (Å²) in [5, 5.41) is 4.44. The van der Waals surface area contributed by atoms with Gasteiger partial charge in [0.1, 0.15) is 6.54 Å². The number of nitrogens with one attached hydrogen (secondary N) is 1. The first kappa shape index (κ1) is 24.8. The number of anilines is 1. The average Bonchev–Trinajstić information content (AvgIpc) is 2.77. The van der Waals surface area contributed by atoms with Crippen molar-refractivity contribution in [2.75, 3.05) is 10.8 Å². The molecule has 0 heterocycles. The van der Waals surface area contributed by atoms with Gasteiger partial charge in [-0.3, -0.25) is 9.10 Å². The van der Waals surface area contributed by atoms with Gasteiger partial charge in [0.25, 0.3) is 15.9 Å². The van der Waals surface area contributed by atoms with E-state index < -0.39 is 22.5 Å². The number of sulfonamides is 1. The summed E-state index contributed by atoms with van der Waals surface area (Å²) in [6, 6.07) is 19.9. The third kappa shape index (κ3) is 6.57. The molecule has 0 aromatic heterocycles. The van der Waals surface area contributed by atoms with E-state index in [2.05, 4.69) is 24.4 Å². The lowest BCUT2D eigenvalue weighted by Gasteiger charge is -2.24. The van der Waals surface area contributed by atoms with Crippen molar-refractivity contribution in [2.24, 2.45) is 5.10 Å². The van der Waals surface area contributed by atoms with Crippen LogP contribution in [0.4, 0.5) is 5.69 Å². The largest absolute Gasteiger partial charge is 0.271 e. The van der Waals surface area contributed by atoms with Crippen LogP contribution in [0.5, 0.6) is 0 Å². The Balaban J connectivity index is 1.82. The zero-order chi connectivity index (χ0) is 24.0. The maximum absolute atomic E-state index is 13.3. The minimum Gasteiger partial charge on any atom is -0.271 e. The first-order valence-electron chi connectivity index (χ1n) is 10.1. The van der Waals surface area contributed by atoms with Crippen LogP contribution in [0.1, 0.15) is 30.9 Å². The van der Waals surface area contributed by atoms with Gasteiger partial charge in [0.2, 0.25) is 0 Å². The van der Waals surface area contributed by atoms with Crippen LogP contribution in [0.2, 0.25) is 10.0 Å². The summed E-state index contributed by atoms with van der Waals surface area (Å²) in [5.41, 5.74) is 4.54. The molecule has 0 aliphatic carbocycles. The Labute approximate surface area is 203 Å². The number of benzene rings is 3. The van der Waals surface area contributed by atoms with Crippen molar-refractivity contribution in [3.63, 3.8) is 0 Å². The summed E-state index contributed by atoms with van der Waals surface area (Å²) in [4.78, 5) is 12.6. The molecule has 0 saturated carbocycles. The molecule has 0 radical (unpaired) electrons. The van der Waals surface area contributed by atoms with Crippen molar-refractivity contribution in [3.05, 3.63) is 94.0 Å². The molecule has 1 N–H and O–H groups in total. The Kier molecular flexibility index (Phi) is 8.13. The smallest absolute Gasteiger partial charge is 0.264 e. The second kappa shape index (κ2) is 10.8. The molecule has 9 heteroatoms. The predicted octanol–water partition coefficient (Wildman–Crippen LogP) is 5.46. The van der Waals surface area contributed by atoms with Crippen LogP contribution < -0.4 is 9.73 Å². The average molecular weight is 504 g/mol. The van der Waals surface area contributed by atoms with Gasteiger partial charge in [-0.05, 0) is 47.4 Å². The van der Waals surface area contributed by atoms with E-state index in [9.17, 15) is 13.2 Å². The number of carbonyl (C=O) groups is 1. The Hall–Kier alpha value is -2.87. The third-order valence-corrected chi connectivity index (χ3v) is 6.98. The molecule has 0 saturated heterocycles. The number of nitrogens with zero attached hydrogens (tertiary/aromatic N) is 2. The van der Waals surface area contributed by atoms with Crippen molar-refractivity contribution in [1.29, 1.82) is 0 Å². The van der Waals surface area contributed by atoms with E-state index in [1.54, 1.807) is 18.2 Å². The molecule has 0 bridgehead atoms. The highest BCUT2D eigenvalue weighted by atomic mass is 35.5. The predicted molar refractivity (Wildman–Crippen MR) is 134 cm³/mol. The second-order valence-electron chi connectivity index (χ2n) is 7.57. The highest BCUT2D eigenvalue weighted by Crippen LogP contribution is 2.29. The molecule has 0 unspecified atom stereocenters. The first-order chi connectivity index (χ1) is 15.7. The maximum atomic E-state index is 13.3. The van der Waals surface area contributed by atoms with Crippen LogP contribution in [-0.2, 0) is 14.8 Å². The molecule has 33 heavy (non-hydrogen) atoms. The van der Waals surface area contributed by atoms with Gasteiger partial charge < -0.3 is 0 Å². The van der Waals surface area contributed by atoms with Crippen LogP contribution in [0.25, 0.3) is 0 Å². The number of hydrogen-bond acceptors (Lipinski definition) is 4. The van der Waals surface area contributed by atoms with E-state index in [1.807, 2.05) is 24.3 Å². The standard InChI is InChI=1S/C24H23Cl2N3O3S/c1-17(2)19-10-8-18(9-11-19)15-27-28-24(30)16-29(22-13-20(25)12-21(26)14-22)33(31,32)23-6-4-3-5-7-23/h3-15,17H,16H2,1-2H3,(H,28,30)/b27-15-. The zero-order valence-corrected chi connectivity index (χ0v) is 20.4. The van der Waals surface area contributed by atoms with Gasteiger partial charge >= 0.3 is 0 Å². The first-order valence-corrected chi connectivity index (χ1v) is 12.3. The summed E-state index contributed by atoms with van der Waals surface area (Å²) in [6.07, 6.45) is 1.49. The van der Waals surface area contributed by atoms with Gasteiger partial charge in [0, 0.05) is 10.0 Å². The molecule has 6 nitrogen and oxygen atoms in total. The van der Waals surface area contributed by atoms with Gasteiger partial charge in [-0.15, -0.1) is 0 Å². The van der Waals surface area contributed by atoms with Crippen molar-refractivity contribution in [1.82, 2.24) is 5.43 Å². The minimum absolute atomic E-state index is 0.0302. The van der Waals surface area contributed by atoms with E-state index in [4.69, 9.17) is 23.2 Å². The number of carbonyl (C=O) groups excluding carboxylic acids is 1. The van der Waals surface area contributed by atoms with E-state index in [-0.39, 0.29) is 20.6 Å². The normalized spacial score (nSPS) is 11.7. The quantitative estimate of drug-likeness (QED) is 0.327. The van der Waals surface area contributed by atoms with Crippen molar-refractivity contribution < 1.29 is 13.2 Å². The number of hydrogen-bond donors (Lipinski definition) is 1. The Morgan fingerprint density at radius 1 is 1.00 bits per heavy atom. The molecule has 0 spiro atoms. The van der Waals surface area contributed by atoms with Gasteiger partial charge in [-0.25, -0.2) is 13.8 Å². The van der Waals surface area contributed by atoms with Crippen LogP contribution >= 0.6 is 23.2 Å². The molecule has 0 fully saturated rings. The lowest BCUT2D eigenvalue weighted by Crippen LogP contribution is -2.39. The van der Waals surface area contributed by atoms with Crippen LogP contribution in [-0.4, -0.2) is 27.1 Å². The van der Waals surface area contributed by atoms with E-state index in [0.717, 1.165) is 9.87 Å². The highest BCUT2D eigenvalue weighted by Gasteiger charge is 2.27. The topological polar surface area (TPSA) is 78.8 Å². The molecule has 0 aliphatic heterocycles. The van der Waals surface area contributed by atoms with Gasteiger partial charge in [-0.1, -0.05) is 79.5 Å². The minimum atomic E-state index is -4.07. The summed E-state index contributed by atoms with van der Waals surface area (Å²) >= 11 is 12.2. The van der Waals surface area contributed by atoms with Crippen molar-refractivity contribution in [2.45, 2.75) is 24.7 Å². The van der Waals surface area contributed by atoms with Crippen molar-refractivity contribution in [3.8, 4) is 0 Å². The van der Waals surface area contributed by atoms with E-state index in [1.165, 1.54) is 42.1 Å². The molecular weight excluding hydrogens is 481 g/mol. The number of hydrazone groups is 1. The van der Waals surface area contributed by atoms with E-state index in [0.29, 0.717) is 5.92 Å². The third-order valence-electron chi connectivity index (χ3n) is 4.76. The van der Waals surface area contributed by atoms with Gasteiger partial charge in [0.05, 0.1) is 16.8 Å². The lowest BCUT2D eigenvalue weighted by molar-refractivity contribution is -0.119. The monoisotopic (exact) mass is 503 g/mol. The molecule has 172 valence electrons. The molecular formula is C24H23Cl2N3O3S. The molecule has 3 rings (SSSR count). The van der Waals surface area contributed by atoms with Crippen LogP contribution in [0.3, 0.4) is 0 Å².